The Kier molecular flexibility index (Phi) is 4.02. The molecule has 1 aliphatic heterocycles. The average molecular weight is 245 g/mol. The van der Waals surface area contributed by atoms with E-state index in [9.17, 15) is 0 Å². The summed E-state index contributed by atoms with van der Waals surface area (Å²) in [5, 5.41) is 3.47. The number of anilines is 1. The Morgan fingerprint density at radius 3 is 2.67 bits per heavy atom. The number of hydrogen-bond acceptors (Lipinski definition) is 3. The molecule has 3 heteroatoms. The third-order valence-corrected chi connectivity index (χ3v) is 3.01. The molecule has 0 saturated heterocycles. The highest BCUT2D eigenvalue weighted by atomic mass is 15.2. The van der Waals surface area contributed by atoms with Gasteiger partial charge in [-0.15, -0.1) is 0 Å². The molecule has 98 valence electrons. The van der Waals surface area contributed by atoms with Crippen molar-refractivity contribution in [2.24, 2.45) is 0 Å². The maximum atomic E-state index is 4.56. The molecule has 2 heterocycles. The molecule has 0 fully saturated rings. The zero-order chi connectivity index (χ0) is 13.0. The Hall–Kier alpha value is -1.35. The van der Waals surface area contributed by atoms with Crippen LogP contribution >= 0.6 is 0 Å². The summed E-state index contributed by atoms with van der Waals surface area (Å²) in [6.07, 6.45) is 7.54. The molecule has 0 spiro atoms. The molecule has 0 aromatic carbocycles. The van der Waals surface area contributed by atoms with E-state index in [4.69, 9.17) is 0 Å². The van der Waals surface area contributed by atoms with Crippen LogP contribution in [0.25, 0.3) is 0 Å². The summed E-state index contributed by atoms with van der Waals surface area (Å²) in [7, 11) is 0. The minimum absolute atomic E-state index is 0.149. The average Bonchev–Trinajstić information content (AvgIpc) is 2.37. The van der Waals surface area contributed by atoms with Gasteiger partial charge < -0.3 is 10.2 Å². The molecule has 0 aliphatic carbocycles. The Bertz CT molecular complexity index is 401. The number of aromatic nitrogens is 1. The van der Waals surface area contributed by atoms with Gasteiger partial charge in [0, 0.05) is 31.4 Å². The van der Waals surface area contributed by atoms with E-state index < -0.39 is 0 Å². The topological polar surface area (TPSA) is 28.2 Å². The minimum atomic E-state index is 0.149. The predicted octanol–water partition coefficient (Wildman–Crippen LogP) is 2.74. The van der Waals surface area contributed by atoms with Gasteiger partial charge in [-0.05, 0) is 38.8 Å². The molecule has 0 bridgehead atoms. The molecular formula is C15H23N3. The van der Waals surface area contributed by atoms with Crippen molar-refractivity contribution in [2.45, 2.75) is 39.3 Å². The van der Waals surface area contributed by atoms with Crippen molar-refractivity contribution in [3.8, 4) is 0 Å². The van der Waals surface area contributed by atoms with Crippen LogP contribution in [0, 0.1) is 0 Å². The quantitative estimate of drug-likeness (QED) is 0.830. The monoisotopic (exact) mass is 245 g/mol. The number of pyridine rings is 1. The van der Waals surface area contributed by atoms with Crippen LogP contribution in [0.15, 0.2) is 30.5 Å². The van der Waals surface area contributed by atoms with Crippen molar-refractivity contribution in [3.63, 3.8) is 0 Å². The summed E-state index contributed by atoms with van der Waals surface area (Å²) in [5.74, 6) is 1.08. The van der Waals surface area contributed by atoms with Crippen LogP contribution in [0.5, 0.6) is 0 Å². The van der Waals surface area contributed by atoms with Crippen LogP contribution in [0.3, 0.4) is 0 Å². The van der Waals surface area contributed by atoms with E-state index in [-0.39, 0.29) is 5.54 Å². The van der Waals surface area contributed by atoms with E-state index in [1.807, 2.05) is 6.20 Å². The van der Waals surface area contributed by atoms with E-state index in [0.29, 0.717) is 0 Å². The summed E-state index contributed by atoms with van der Waals surface area (Å²) in [6.45, 7) is 9.45. The maximum Gasteiger partial charge on any atom is 0.128 e. The first kappa shape index (κ1) is 13.1. The first-order chi connectivity index (χ1) is 8.54. The molecule has 1 aromatic rings. The van der Waals surface area contributed by atoms with Crippen molar-refractivity contribution >= 4 is 5.82 Å². The number of rotatable bonds is 3. The summed E-state index contributed by atoms with van der Waals surface area (Å²) in [4.78, 5) is 6.86. The smallest absolute Gasteiger partial charge is 0.128 e. The summed E-state index contributed by atoms with van der Waals surface area (Å²) in [6, 6.07) is 4.29. The second-order valence-electron chi connectivity index (χ2n) is 5.83. The third kappa shape index (κ3) is 3.84. The normalized spacial score (nSPS) is 16.1. The van der Waals surface area contributed by atoms with E-state index in [2.05, 4.69) is 60.3 Å². The maximum absolute atomic E-state index is 4.56. The summed E-state index contributed by atoms with van der Waals surface area (Å²) >= 11 is 0. The van der Waals surface area contributed by atoms with Crippen molar-refractivity contribution in [3.05, 3.63) is 36.0 Å². The highest BCUT2D eigenvalue weighted by Crippen LogP contribution is 2.14. The van der Waals surface area contributed by atoms with Crippen LogP contribution in [-0.2, 0) is 6.54 Å². The largest absolute Gasteiger partial charge is 0.353 e. The van der Waals surface area contributed by atoms with Crippen molar-refractivity contribution in [1.82, 2.24) is 10.3 Å². The zero-order valence-corrected chi connectivity index (χ0v) is 11.6. The molecule has 0 amide bonds. The first-order valence-corrected chi connectivity index (χ1v) is 6.64. The van der Waals surface area contributed by atoms with Gasteiger partial charge in [0.15, 0.2) is 0 Å². The van der Waals surface area contributed by atoms with Crippen molar-refractivity contribution in [1.29, 1.82) is 0 Å². The van der Waals surface area contributed by atoms with Crippen LogP contribution < -0.4 is 10.2 Å². The first-order valence-electron chi connectivity index (χ1n) is 6.64. The molecule has 0 atom stereocenters. The van der Waals surface area contributed by atoms with Gasteiger partial charge >= 0.3 is 0 Å². The Balaban J connectivity index is 1.95. The molecule has 0 saturated carbocycles. The van der Waals surface area contributed by atoms with Gasteiger partial charge in [0.2, 0.25) is 0 Å². The second kappa shape index (κ2) is 5.53. The Morgan fingerprint density at radius 2 is 2.11 bits per heavy atom. The number of nitrogens with one attached hydrogen (secondary N) is 1. The van der Waals surface area contributed by atoms with E-state index in [1.165, 1.54) is 5.56 Å². The molecular weight excluding hydrogens is 222 g/mol. The minimum Gasteiger partial charge on any atom is -0.353 e. The van der Waals surface area contributed by atoms with E-state index in [0.717, 1.165) is 31.9 Å². The lowest BCUT2D eigenvalue weighted by Crippen LogP contribution is -2.35. The Labute approximate surface area is 110 Å². The van der Waals surface area contributed by atoms with Gasteiger partial charge in [0.1, 0.15) is 5.82 Å². The SMILES string of the molecule is CC(C)(C)NCc1ccc(N2CC=CCC2)nc1. The highest BCUT2D eigenvalue weighted by Gasteiger charge is 2.10. The fraction of sp³-hybridized carbons (Fsp3) is 0.533. The van der Waals surface area contributed by atoms with Gasteiger partial charge in [-0.3, -0.25) is 0 Å². The second-order valence-corrected chi connectivity index (χ2v) is 5.83. The predicted molar refractivity (Wildman–Crippen MR) is 76.8 cm³/mol. The molecule has 2 rings (SSSR count). The molecule has 0 radical (unpaired) electrons. The van der Waals surface area contributed by atoms with Gasteiger partial charge in [0.25, 0.3) is 0 Å². The molecule has 0 unspecified atom stereocenters. The fourth-order valence-corrected chi connectivity index (χ4v) is 1.92. The standard InChI is InChI=1S/C15H23N3/c1-15(2,3)17-12-13-7-8-14(16-11-13)18-9-5-4-6-10-18/h4-5,7-8,11,17H,6,9-10,12H2,1-3H3. The molecule has 1 aromatic heterocycles. The van der Waals surface area contributed by atoms with Gasteiger partial charge in [0.05, 0.1) is 0 Å². The number of nitrogens with zero attached hydrogens (tertiary/aromatic N) is 2. The fourth-order valence-electron chi connectivity index (χ4n) is 1.92. The van der Waals surface area contributed by atoms with Crippen molar-refractivity contribution in [2.75, 3.05) is 18.0 Å². The highest BCUT2D eigenvalue weighted by molar-refractivity contribution is 5.41. The van der Waals surface area contributed by atoms with Gasteiger partial charge in [-0.2, -0.15) is 0 Å². The Morgan fingerprint density at radius 1 is 1.28 bits per heavy atom. The molecule has 1 N–H and O–H groups in total. The van der Waals surface area contributed by atoms with E-state index in [1.54, 1.807) is 0 Å². The summed E-state index contributed by atoms with van der Waals surface area (Å²) < 4.78 is 0. The lowest BCUT2D eigenvalue weighted by molar-refractivity contribution is 0.424. The van der Waals surface area contributed by atoms with Gasteiger partial charge in [-0.1, -0.05) is 18.2 Å². The van der Waals surface area contributed by atoms with Gasteiger partial charge in [-0.25, -0.2) is 4.98 Å². The van der Waals surface area contributed by atoms with E-state index >= 15 is 0 Å². The molecule has 1 aliphatic rings. The van der Waals surface area contributed by atoms with Crippen LogP contribution in [0.1, 0.15) is 32.8 Å². The lowest BCUT2D eigenvalue weighted by atomic mass is 10.1. The van der Waals surface area contributed by atoms with Crippen LogP contribution in [-0.4, -0.2) is 23.6 Å². The molecule has 3 nitrogen and oxygen atoms in total. The lowest BCUT2D eigenvalue weighted by Gasteiger charge is -2.25. The third-order valence-electron chi connectivity index (χ3n) is 3.01. The molecule has 18 heavy (non-hydrogen) atoms. The summed E-state index contributed by atoms with van der Waals surface area (Å²) in [5.41, 5.74) is 1.39. The van der Waals surface area contributed by atoms with Crippen LogP contribution in [0.2, 0.25) is 0 Å². The number of hydrogen-bond donors (Lipinski definition) is 1. The zero-order valence-electron chi connectivity index (χ0n) is 11.6. The van der Waals surface area contributed by atoms with Crippen LogP contribution in [0.4, 0.5) is 5.82 Å². The van der Waals surface area contributed by atoms with Crippen molar-refractivity contribution < 1.29 is 0 Å².